The average Bonchev–Trinajstić information content (AvgIpc) is 2.51. The molecule has 2 aromatic carbocycles. The third kappa shape index (κ3) is 6.15. The molecule has 6 heteroatoms. The molecule has 0 aliphatic carbocycles. The Morgan fingerprint density at radius 3 is 2.44 bits per heavy atom. The van der Waals surface area contributed by atoms with Crippen molar-refractivity contribution >= 4 is 11.6 Å². The topological polar surface area (TPSA) is 42.8 Å². The van der Waals surface area contributed by atoms with E-state index in [-0.39, 0.29) is 11.7 Å². The number of amides is 1. The van der Waals surface area contributed by atoms with Gasteiger partial charge in [-0.2, -0.15) is 8.78 Å². The van der Waals surface area contributed by atoms with E-state index >= 15 is 0 Å². The van der Waals surface area contributed by atoms with Crippen molar-refractivity contribution in [2.24, 2.45) is 0 Å². The summed E-state index contributed by atoms with van der Waals surface area (Å²) in [4.78, 5) is 13.2. The second-order valence-electron chi connectivity index (χ2n) is 6.19. The van der Waals surface area contributed by atoms with Crippen molar-refractivity contribution in [1.29, 1.82) is 0 Å². The van der Waals surface area contributed by atoms with E-state index in [9.17, 15) is 13.6 Å². The molecule has 0 saturated heterocycles. The zero-order valence-corrected chi connectivity index (χ0v) is 14.6. The van der Waals surface area contributed by atoms with E-state index in [4.69, 9.17) is 0 Å². The van der Waals surface area contributed by atoms with Gasteiger partial charge in [0, 0.05) is 11.3 Å². The molecule has 0 bridgehead atoms. The molecule has 2 N–H and O–H groups in total. The first kappa shape index (κ1) is 18.9. The van der Waals surface area contributed by atoms with Gasteiger partial charge in [-0.3, -0.25) is 4.79 Å². The number of carbonyl (C=O) groups excluding carboxylic acids is 1. The Kier molecular flexibility index (Phi) is 6.47. The van der Waals surface area contributed by atoms with E-state index in [1.165, 1.54) is 41.0 Å². The van der Waals surface area contributed by atoms with Crippen LogP contribution in [0, 0.1) is 13.8 Å². The van der Waals surface area contributed by atoms with E-state index in [0.29, 0.717) is 12.2 Å². The van der Waals surface area contributed by atoms with Gasteiger partial charge in [0.15, 0.2) is 6.54 Å². The minimum atomic E-state index is -2.86. The van der Waals surface area contributed by atoms with Crippen LogP contribution in [0.3, 0.4) is 0 Å². The van der Waals surface area contributed by atoms with Crippen LogP contribution in [0.2, 0.25) is 0 Å². The monoisotopic (exact) mass is 349 g/mol. The number of aryl methyl sites for hydroxylation is 2. The Balaban J connectivity index is 1.86. The van der Waals surface area contributed by atoms with Gasteiger partial charge in [0.2, 0.25) is 0 Å². The fourth-order valence-corrected chi connectivity index (χ4v) is 2.63. The maximum Gasteiger partial charge on any atom is 0.387 e. The zero-order chi connectivity index (χ0) is 18.4. The highest BCUT2D eigenvalue weighted by molar-refractivity contribution is 5.91. The molecule has 2 rings (SSSR count). The summed E-state index contributed by atoms with van der Waals surface area (Å²) >= 11 is 0. The molecule has 0 heterocycles. The Morgan fingerprint density at radius 2 is 1.84 bits per heavy atom. The molecule has 0 saturated carbocycles. The highest BCUT2D eigenvalue weighted by atomic mass is 19.3. The average molecular weight is 349 g/mol. The summed E-state index contributed by atoms with van der Waals surface area (Å²) < 4.78 is 28.5. The van der Waals surface area contributed by atoms with Gasteiger partial charge in [0.05, 0.1) is 7.05 Å². The first-order chi connectivity index (χ1) is 11.8. The van der Waals surface area contributed by atoms with Crippen molar-refractivity contribution in [2.75, 3.05) is 18.9 Å². The molecule has 0 aliphatic rings. The van der Waals surface area contributed by atoms with E-state index in [2.05, 4.69) is 42.1 Å². The van der Waals surface area contributed by atoms with E-state index < -0.39 is 6.61 Å². The number of likely N-dealkylation sites (N-methyl/N-ethyl adjacent to an activating group) is 1. The number of rotatable bonds is 7. The number of hydrogen-bond donors (Lipinski definition) is 2. The predicted molar refractivity (Wildman–Crippen MR) is 93.1 cm³/mol. The second-order valence-corrected chi connectivity index (χ2v) is 6.19. The minimum Gasteiger partial charge on any atom is -0.435 e. The van der Waals surface area contributed by atoms with Crippen LogP contribution in [0.25, 0.3) is 0 Å². The van der Waals surface area contributed by atoms with Gasteiger partial charge in [-0.25, -0.2) is 0 Å². The van der Waals surface area contributed by atoms with Gasteiger partial charge in [0.1, 0.15) is 12.3 Å². The van der Waals surface area contributed by atoms with Gasteiger partial charge in [-0.05, 0) is 43.7 Å². The molecule has 4 nitrogen and oxygen atoms in total. The van der Waals surface area contributed by atoms with Crippen LogP contribution in [0.4, 0.5) is 14.5 Å². The molecular formula is C19H23F2N2O2+. The number of hydrogen-bond acceptors (Lipinski definition) is 2. The van der Waals surface area contributed by atoms with Crippen molar-refractivity contribution in [3.63, 3.8) is 0 Å². The van der Waals surface area contributed by atoms with E-state index in [1.54, 1.807) is 0 Å². The summed E-state index contributed by atoms with van der Waals surface area (Å²) in [5.41, 5.74) is 4.20. The van der Waals surface area contributed by atoms with E-state index in [0.717, 1.165) is 11.4 Å². The lowest BCUT2D eigenvalue weighted by molar-refractivity contribution is -0.885. The summed E-state index contributed by atoms with van der Waals surface area (Å²) in [6.45, 7) is 2.32. The first-order valence-corrected chi connectivity index (χ1v) is 8.05. The van der Waals surface area contributed by atoms with Crippen LogP contribution in [0.1, 0.15) is 16.7 Å². The molecule has 25 heavy (non-hydrogen) atoms. The highest BCUT2D eigenvalue weighted by Gasteiger charge is 2.12. The normalized spacial score (nSPS) is 12.1. The molecular weight excluding hydrogens is 326 g/mol. The Bertz CT molecular complexity index is 718. The minimum absolute atomic E-state index is 0.0607. The second kappa shape index (κ2) is 8.58. The summed E-state index contributed by atoms with van der Waals surface area (Å²) in [5, 5.41) is 2.76. The zero-order valence-electron chi connectivity index (χ0n) is 14.6. The smallest absolute Gasteiger partial charge is 0.387 e. The van der Waals surface area contributed by atoms with Crippen LogP contribution < -0.4 is 15.0 Å². The first-order valence-electron chi connectivity index (χ1n) is 8.05. The molecule has 0 fully saturated rings. The third-order valence-electron chi connectivity index (χ3n) is 3.82. The number of benzene rings is 2. The predicted octanol–water partition coefficient (Wildman–Crippen LogP) is 2.56. The molecule has 0 aromatic heterocycles. The standard InChI is InChI=1S/C19H22F2N2O2/c1-13-4-5-15(14(2)10-13)11-23(3)12-18(24)22-16-6-8-17(9-7-16)25-19(20)21/h4-10,19H,11-12H2,1-3H3,(H,22,24)/p+1. The van der Waals surface area contributed by atoms with E-state index in [1.807, 2.05) is 7.05 Å². The quantitative estimate of drug-likeness (QED) is 0.807. The maximum atomic E-state index is 12.1. The molecule has 1 atom stereocenters. The van der Waals surface area contributed by atoms with Gasteiger partial charge < -0.3 is 15.0 Å². The molecule has 0 spiro atoms. The Hall–Kier alpha value is -2.47. The third-order valence-corrected chi connectivity index (χ3v) is 3.82. The molecule has 0 radical (unpaired) electrons. The van der Waals surface area contributed by atoms with Crippen molar-refractivity contribution in [3.8, 4) is 5.75 Å². The van der Waals surface area contributed by atoms with Crippen LogP contribution in [-0.4, -0.2) is 26.1 Å². The van der Waals surface area contributed by atoms with Gasteiger partial charge in [-0.15, -0.1) is 0 Å². The number of anilines is 1. The molecule has 2 aromatic rings. The lowest BCUT2D eigenvalue weighted by Crippen LogP contribution is -3.08. The Labute approximate surface area is 146 Å². The SMILES string of the molecule is Cc1ccc(C[NH+](C)CC(=O)Nc2ccc(OC(F)F)cc2)c(C)c1. The van der Waals surface area contributed by atoms with Crippen molar-refractivity contribution in [3.05, 3.63) is 59.2 Å². The molecule has 1 amide bonds. The van der Waals surface area contributed by atoms with Crippen LogP contribution >= 0.6 is 0 Å². The summed E-state index contributed by atoms with van der Waals surface area (Å²) in [6.07, 6.45) is 0. The van der Waals surface area contributed by atoms with Crippen molar-refractivity contribution in [2.45, 2.75) is 27.0 Å². The van der Waals surface area contributed by atoms with Crippen LogP contribution in [-0.2, 0) is 11.3 Å². The number of nitrogens with one attached hydrogen (secondary N) is 2. The van der Waals surface area contributed by atoms with Gasteiger partial charge >= 0.3 is 6.61 Å². The van der Waals surface area contributed by atoms with Crippen molar-refractivity contribution < 1.29 is 23.2 Å². The Morgan fingerprint density at radius 1 is 1.16 bits per heavy atom. The fraction of sp³-hybridized carbons (Fsp3) is 0.316. The maximum absolute atomic E-state index is 12.1. The summed E-state index contributed by atoms with van der Waals surface area (Å²) in [6, 6.07) is 12.2. The lowest BCUT2D eigenvalue weighted by atomic mass is 10.1. The molecule has 134 valence electrons. The van der Waals surface area contributed by atoms with Gasteiger partial charge in [-0.1, -0.05) is 23.8 Å². The number of quaternary nitrogens is 1. The van der Waals surface area contributed by atoms with Crippen LogP contribution in [0.15, 0.2) is 42.5 Å². The number of carbonyl (C=O) groups is 1. The van der Waals surface area contributed by atoms with Crippen LogP contribution in [0.5, 0.6) is 5.75 Å². The largest absolute Gasteiger partial charge is 0.435 e. The number of halogens is 2. The molecule has 0 aliphatic heterocycles. The lowest BCUT2D eigenvalue weighted by Gasteiger charge is -2.15. The fourth-order valence-electron chi connectivity index (χ4n) is 2.63. The highest BCUT2D eigenvalue weighted by Crippen LogP contribution is 2.17. The van der Waals surface area contributed by atoms with Gasteiger partial charge in [0.25, 0.3) is 5.91 Å². The molecule has 1 unspecified atom stereocenters. The van der Waals surface area contributed by atoms with Crippen molar-refractivity contribution in [1.82, 2.24) is 0 Å². The summed E-state index contributed by atoms with van der Waals surface area (Å²) in [5.74, 6) is -0.0737. The summed E-state index contributed by atoms with van der Waals surface area (Å²) in [7, 11) is 1.96. The number of ether oxygens (including phenoxy) is 1. The number of alkyl halides is 2.